The van der Waals surface area contributed by atoms with Crippen molar-refractivity contribution in [1.82, 2.24) is 9.80 Å². The first kappa shape index (κ1) is 19.7. The molecule has 1 aliphatic rings. The van der Waals surface area contributed by atoms with Crippen molar-refractivity contribution in [3.63, 3.8) is 0 Å². The SMILES string of the molecule is COc1ccc(CN(C)C(=O)C2CC(=O)N(Cc3ccccc3)C2)c(OC)c1. The third-order valence-corrected chi connectivity index (χ3v) is 5.06. The van der Waals surface area contributed by atoms with Crippen LogP contribution in [0.2, 0.25) is 0 Å². The Kier molecular flexibility index (Phi) is 6.19. The molecule has 1 atom stereocenters. The Morgan fingerprint density at radius 3 is 2.57 bits per heavy atom. The first-order valence-corrected chi connectivity index (χ1v) is 9.29. The van der Waals surface area contributed by atoms with Crippen LogP contribution < -0.4 is 9.47 Å². The first-order chi connectivity index (χ1) is 13.5. The zero-order chi connectivity index (χ0) is 20.1. The predicted octanol–water partition coefficient (Wildman–Crippen LogP) is 2.71. The molecule has 1 heterocycles. The zero-order valence-corrected chi connectivity index (χ0v) is 16.6. The van der Waals surface area contributed by atoms with Gasteiger partial charge in [0, 0.05) is 44.7 Å². The van der Waals surface area contributed by atoms with Gasteiger partial charge in [0.05, 0.1) is 20.1 Å². The molecule has 1 unspecified atom stereocenters. The van der Waals surface area contributed by atoms with Crippen molar-refractivity contribution < 1.29 is 19.1 Å². The van der Waals surface area contributed by atoms with Crippen LogP contribution in [0.5, 0.6) is 11.5 Å². The van der Waals surface area contributed by atoms with Crippen molar-refractivity contribution in [3.8, 4) is 11.5 Å². The second-order valence-electron chi connectivity index (χ2n) is 7.03. The van der Waals surface area contributed by atoms with E-state index in [2.05, 4.69) is 0 Å². The van der Waals surface area contributed by atoms with Gasteiger partial charge >= 0.3 is 0 Å². The number of benzene rings is 2. The number of amides is 2. The summed E-state index contributed by atoms with van der Waals surface area (Å²) in [6, 6.07) is 15.4. The van der Waals surface area contributed by atoms with Crippen molar-refractivity contribution in [2.45, 2.75) is 19.5 Å². The van der Waals surface area contributed by atoms with E-state index in [1.54, 1.807) is 37.1 Å². The Morgan fingerprint density at radius 1 is 1.14 bits per heavy atom. The topological polar surface area (TPSA) is 59.1 Å². The summed E-state index contributed by atoms with van der Waals surface area (Å²) in [5.41, 5.74) is 1.96. The molecule has 1 aliphatic heterocycles. The molecular weight excluding hydrogens is 356 g/mol. The average molecular weight is 382 g/mol. The van der Waals surface area contributed by atoms with E-state index in [-0.39, 0.29) is 24.2 Å². The number of methoxy groups -OCH3 is 2. The second kappa shape index (κ2) is 8.78. The van der Waals surface area contributed by atoms with Crippen LogP contribution in [0, 0.1) is 5.92 Å². The third kappa shape index (κ3) is 4.44. The molecule has 0 radical (unpaired) electrons. The monoisotopic (exact) mass is 382 g/mol. The molecule has 148 valence electrons. The van der Waals surface area contributed by atoms with Crippen LogP contribution in [-0.4, -0.2) is 49.4 Å². The van der Waals surface area contributed by atoms with Gasteiger partial charge in [0.2, 0.25) is 11.8 Å². The van der Waals surface area contributed by atoms with Crippen LogP contribution in [0.1, 0.15) is 17.5 Å². The molecule has 6 heteroatoms. The molecular formula is C22H26N2O4. The van der Waals surface area contributed by atoms with E-state index in [0.717, 1.165) is 11.1 Å². The summed E-state index contributed by atoms with van der Waals surface area (Å²) < 4.78 is 10.6. The van der Waals surface area contributed by atoms with Crippen molar-refractivity contribution in [1.29, 1.82) is 0 Å². The molecule has 1 saturated heterocycles. The highest BCUT2D eigenvalue weighted by Crippen LogP contribution is 2.27. The molecule has 2 aromatic rings. The van der Waals surface area contributed by atoms with Gasteiger partial charge in [0.1, 0.15) is 11.5 Å². The van der Waals surface area contributed by atoms with E-state index in [9.17, 15) is 9.59 Å². The lowest BCUT2D eigenvalue weighted by Crippen LogP contribution is -2.34. The lowest BCUT2D eigenvalue weighted by Gasteiger charge is -2.22. The number of hydrogen-bond acceptors (Lipinski definition) is 4. The Bertz CT molecular complexity index is 838. The van der Waals surface area contributed by atoms with Crippen LogP contribution in [0.3, 0.4) is 0 Å². The number of ether oxygens (including phenoxy) is 2. The van der Waals surface area contributed by atoms with Crippen LogP contribution in [0.25, 0.3) is 0 Å². The molecule has 0 bridgehead atoms. The maximum absolute atomic E-state index is 12.9. The van der Waals surface area contributed by atoms with Gasteiger partial charge in [0.25, 0.3) is 0 Å². The summed E-state index contributed by atoms with van der Waals surface area (Å²) in [5.74, 6) is 1.06. The van der Waals surface area contributed by atoms with Gasteiger partial charge in [-0.25, -0.2) is 0 Å². The number of likely N-dealkylation sites (tertiary alicyclic amines) is 1. The molecule has 2 aromatic carbocycles. The van der Waals surface area contributed by atoms with Crippen LogP contribution >= 0.6 is 0 Å². The minimum atomic E-state index is -0.314. The highest BCUT2D eigenvalue weighted by atomic mass is 16.5. The maximum Gasteiger partial charge on any atom is 0.228 e. The van der Waals surface area contributed by atoms with Crippen LogP contribution in [-0.2, 0) is 22.7 Å². The fourth-order valence-electron chi connectivity index (χ4n) is 3.52. The Hall–Kier alpha value is -3.02. The molecule has 1 fully saturated rings. The van der Waals surface area contributed by atoms with Crippen molar-refractivity contribution >= 4 is 11.8 Å². The summed E-state index contributed by atoms with van der Waals surface area (Å²) in [4.78, 5) is 28.7. The molecule has 0 aromatic heterocycles. The second-order valence-corrected chi connectivity index (χ2v) is 7.03. The normalized spacial score (nSPS) is 16.2. The largest absolute Gasteiger partial charge is 0.497 e. The van der Waals surface area contributed by atoms with E-state index >= 15 is 0 Å². The van der Waals surface area contributed by atoms with Crippen LogP contribution in [0.4, 0.5) is 0 Å². The van der Waals surface area contributed by atoms with Gasteiger partial charge in [0.15, 0.2) is 0 Å². The number of rotatable bonds is 7. The average Bonchev–Trinajstić information content (AvgIpc) is 3.08. The van der Waals surface area contributed by atoms with Crippen molar-refractivity contribution in [2.75, 3.05) is 27.8 Å². The molecule has 0 spiro atoms. The standard InChI is InChI=1S/C22H26N2O4/c1-23(14-17-9-10-19(27-2)12-20(17)28-3)22(26)18-11-21(25)24(15-18)13-16-7-5-4-6-8-16/h4-10,12,18H,11,13-15H2,1-3H3. The van der Waals surface area contributed by atoms with E-state index < -0.39 is 0 Å². The lowest BCUT2D eigenvalue weighted by molar-refractivity contribution is -0.135. The molecule has 3 rings (SSSR count). The summed E-state index contributed by atoms with van der Waals surface area (Å²) in [6.07, 6.45) is 0.260. The Morgan fingerprint density at radius 2 is 1.89 bits per heavy atom. The minimum Gasteiger partial charge on any atom is -0.497 e. The van der Waals surface area contributed by atoms with Crippen molar-refractivity contribution in [3.05, 3.63) is 59.7 Å². The molecule has 0 aliphatic carbocycles. The van der Waals surface area contributed by atoms with Gasteiger partial charge in [-0.05, 0) is 17.7 Å². The molecule has 28 heavy (non-hydrogen) atoms. The van der Waals surface area contributed by atoms with Gasteiger partial charge in [-0.3, -0.25) is 9.59 Å². The molecule has 6 nitrogen and oxygen atoms in total. The fraction of sp³-hybridized carbons (Fsp3) is 0.364. The highest BCUT2D eigenvalue weighted by molar-refractivity contribution is 5.89. The Balaban J connectivity index is 1.63. The van der Waals surface area contributed by atoms with E-state index in [4.69, 9.17) is 9.47 Å². The lowest BCUT2D eigenvalue weighted by atomic mass is 10.1. The number of carbonyl (C=O) groups is 2. The van der Waals surface area contributed by atoms with E-state index in [0.29, 0.717) is 31.1 Å². The zero-order valence-electron chi connectivity index (χ0n) is 16.6. The number of nitrogens with zero attached hydrogens (tertiary/aromatic N) is 2. The quantitative estimate of drug-likeness (QED) is 0.739. The van der Waals surface area contributed by atoms with Crippen LogP contribution in [0.15, 0.2) is 48.5 Å². The molecule has 2 amide bonds. The van der Waals surface area contributed by atoms with Crippen molar-refractivity contribution in [2.24, 2.45) is 5.92 Å². The number of hydrogen-bond donors (Lipinski definition) is 0. The van der Waals surface area contributed by atoms with E-state index in [1.165, 1.54) is 0 Å². The predicted molar refractivity (Wildman–Crippen MR) is 106 cm³/mol. The smallest absolute Gasteiger partial charge is 0.228 e. The number of carbonyl (C=O) groups excluding carboxylic acids is 2. The van der Waals surface area contributed by atoms with Gasteiger partial charge < -0.3 is 19.3 Å². The maximum atomic E-state index is 12.9. The highest BCUT2D eigenvalue weighted by Gasteiger charge is 2.35. The van der Waals surface area contributed by atoms with Gasteiger partial charge in [-0.2, -0.15) is 0 Å². The first-order valence-electron chi connectivity index (χ1n) is 9.29. The van der Waals surface area contributed by atoms with E-state index in [1.807, 2.05) is 42.5 Å². The summed E-state index contributed by atoms with van der Waals surface area (Å²) in [7, 11) is 4.95. The summed E-state index contributed by atoms with van der Waals surface area (Å²) >= 11 is 0. The summed E-state index contributed by atoms with van der Waals surface area (Å²) in [6.45, 7) is 1.41. The fourth-order valence-corrected chi connectivity index (χ4v) is 3.52. The van der Waals surface area contributed by atoms with Gasteiger partial charge in [-0.15, -0.1) is 0 Å². The third-order valence-electron chi connectivity index (χ3n) is 5.06. The minimum absolute atomic E-state index is 0.0256. The molecule has 0 saturated carbocycles. The summed E-state index contributed by atoms with van der Waals surface area (Å²) in [5, 5.41) is 0. The van der Waals surface area contributed by atoms with Gasteiger partial charge in [-0.1, -0.05) is 30.3 Å². The Labute approximate surface area is 165 Å². The molecule has 0 N–H and O–H groups in total.